The summed E-state index contributed by atoms with van der Waals surface area (Å²) in [4.78, 5) is 0. The van der Waals surface area contributed by atoms with Crippen LogP contribution in [0, 0.1) is 12.3 Å². The van der Waals surface area contributed by atoms with Gasteiger partial charge in [0, 0.05) is 7.05 Å². The summed E-state index contributed by atoms with van der Waals surface area (Å²) in [6.45, 7) is 0.101. The molecular formula is C8H11F3N4O. The van der Waals surface area contributed by atoms with Crippen LogP contribution < -0.4 is 10.5 Å². The molecule has 0 aliphatic heterocycles. The van der Waals surface area contributed by atoms with Crippen LogP contribution in [-0.4, -0.2) is 28.4 Å². The van der Waals surface area contributed by atoms with Gasteiger partial charge in [-0.2, -0.15) is 18.3 Å². The third-order valence-corrected chi connectivity index (χ3v) is 1.81. The van der Waals surface area contributed by atoms with Crippen molar-refractivity contribution in [3.63, 3.8) is 0 Å². The largest absolute Gasteiger partial charge is 0.468 e. The fourth-order valence-corrected chi connectivity index (χ4v) is 1.26. The number of alkyl halides is 3. The van der Waals surface area contributed by atoms with E-state index in [-0.39, 0.29) is 17.3 Å². The molecule has 0 saturated carbocycles. The summed E-state index contributed by atoms with van der Waals surface area (Å²) in [5, 5.41) is 11.1. The fraction of sp³-hybridized carbons (Fsp3) is 0.500. The van der Waals surface area contributed by atoms with Crippen LogP contribution in [0.1, 0.15) is 11.3 Å². The van der Waals surface area contributed by atoms with Crippen LogP contribution in [0.15, 0.2) is 0 Å². The van der Waals surface area contributed by atoms with Gasteiger partial charge in [0.2, 0.25) is 5.88 Å². The lowest BCUT2D eigenvalue weighted by molar-refractivity contribution is -0.154. The Balaban J connectivity index is 2.99. The Morgan fingerprint density at radius 2 is 2.12 bits per heavy atom. The molecule has 0 fully saturated rings. The van der Waals surface area contributed by atoms with E-state index in [1.807, 2.05) is 0 Å². The zero-order chi connectivity index (χ0) is 12.5. The first-order valence-corrected chi connectivity index (χ1v) is 4.30. The second kappa shape index (κ2) is 4.03. The number of halogens is 3. The Morgan fingerprint density at radius 1 is 1.56 bits per heavy atom. The molecule has 8 heteroatoms. The van der Waals surface area contributed by atoms with Gasteiger partial charge in [0.05, 0.1) is 5.69 Å². The molecule has 1 aromatic rings. The molecule has 5 nitrogen and oxygen atoms in total. The standard InChI is InChI=1S/C8H11F3N4O/c1-4-5(6(12)13)7(15(2)14-4)16-3-8(9,10)11/h3H2,1-2H3,(H3,12,13). The molecule has 1 heterocycles. The highest BCUT2D eigenvalue weighted by atomic mass is 19.4. The highest BCUT2D eigenvalue weighted by Crippen LogP contribution is 2.23. The monoisotopic (exact) mass is 236 g/mol. The van der Waals surface area contributed by atoms with Crippen LogP contribution in [0.3, 0.4) is 0 Å². The number of rotatable bonds is 3. The molecule has 0 unspecified atom stereocenters. The maximum atomic E-state index is 12.0. The van der Waals surface area contributed by atoms with Gasteiger partial charge in [-0.3, -0.25) is 5.41 Å². The minimum absolute atomic E-state index is 0.0896. The lowest BCUT2D eigenvalue weighted by Gasteiger charge is -2.10. The Hall–Kier alpha value is -1.73. The summed E-state index contributed by atoms with van der Waals surface area (Å²) >= 11 is 0. The molecule has 0 aliphatic rings. The summed E-state index contributed by atoms with van der Waals surface area (Å²) in [5.74, 6) is -0.523. The molecule has 0 saturated heterocycles. The van der Waals surface area contributed by atoms with Crippen molar-refractivity contribution in [3.8, 4) is 5.88 Å². The first-order chi connectivity index (χ1) is 7.22. The van der Waals surface area contributed by atoms with Crippen LogP contribution >= 0.6 is 0 Å². The molecule has 0 aliphatic carbocycles. The second-order valence-electron chi connectivity index (χ2n) is 3.21. The fourth-order valence-electron chi connectivity index (χ4n) is 1.26. The van der Waals surface area contributed by atoms with Gasteiger partial charge in [-0.1, -0.05) is 0 Å². The summed E-state index contributed by atoms with van der Waals surface area (Å²) in [6, 6.07) is 0. The quantitative estimate of drug-likeness (QED) is 0.606. The van der Waals surface area contributed by atoms with Gasteiger partial charge in [0.25, 0.3) is 0 Å². The maximum Gasteiger partial charge on any atom is 0.422 e. The summed E-state index contributed by atoms with van der Waals surface area (Å²) in [6.07, 6.45) is -4.44. The average molecular weight is 236 g/mol. The average Bonchev–Trinajstić information content (AvgIpc) is 2.35. The van der Waals surface area contributed by atoms with E-state index in [9.17, 15) is 13.2 Å². The SMILES string of the molecule is Cc1nn(C)c(OCC(F)(F)F)c1C(=N)N. The number of nitrogens with one attached hydrogen (secondary N) is 1. The number of aromatic nitrogens is 2. The van der Waals surface area contributed by atoms with Gasteiger partial charge in [0.1, 0.15) is 11.4 Å². The van der Waals surface area contributed by atoms with Gasteiger partial charge >= 0.3 is 6.18 Å². The van der Waals surface area contributed by atoms with E-state index in [1.165, 1.54) is 14.0 Å². The minimum atomic E-state index is -4.44. The highest BCUT2D eigenvalue weighted by Gasteiger charge is 2.30. The zero-order valence-electron chi connectivity index (χ0n) is 8.72. The Kier molecular flexibility index (Phi) is 3.11. The van der Waals surface area contributed by atoms with E-state index in [0.29, 0.717) is 5.69 Å². The number of aryl methyl sites for hydroxylation is 2. The molecule has 0 amide bonds. The molecule has 0 aromatic carbocycles. The van der Waals surface area contributed by atoms with Gasteiger partial charge < -0.3 is 10.5 Å². The Labute approximate surface area is 89.5 Å². The van der Waals surface area contributed by atoms with Crippen LogP contribution in [0.2, 0.25) is 0 Å². The van der Waals surface area contributed by atoms with Crippen molar-refractivity contribution in [2.45, 2.75) is 13.1 Å². The molecule has 0 spiro atoms. The first kappa shape index (κ1) is 12.3. The smallest absolute Gasteiger partial charge is 0.422 e. The van der Waals surface area contributed by atoms with Crippen molar-refractivity contribution in [2.75, 3.05) is 6.61 Å². The van der Waals surface area contributed by atoms with E-state index in [1.54, 1.807) is 0 Å². The van der Waals surface area contributed by atoms with Crippen LogP contribution in [0.4, 0.5) is 13.2 Å². The number of hydrogen-bond acceptors (Lipinski definition) is 3. The highest BCUT2D eigenvalue weighted by molar-refractivity contribution is 5.98. The van der Waals surface area contributed by atoms with E-state index < -0.39 is 12.8 Å². The third-order valence-electron chi connectivity index (χ3n) is 1.81. The van der Waals surface area contributed by atoms with Crippen LogP contribution in [0.5, 0.6) is 5.88 Å². The lowest BCUT2D eigenvalue weighted by atomic mass is 10.2. The van der Waals surface area contributed by atoms with Crippen molar-refractivity contribution >= 4 is 5.84 Å². The molecular weight excluding hydrogens is 225 g/mol. The van der Waals surface area contributed by atoms with Crippen LogP contribution in [-0.2, 0) is 7.05 Å². The number of nitrogens with two attached hydrogens (primary N) is 1. The lowest BCUT2D eigenvalue weighted by Crippen LogP contribution is -2.22. The number of ether oxygens (including phenoxy) is 1. The van der Waals surface area contributed by atoms with E-state index in [2.05, 4.69) is 9.84 Å². The molecule has 0 radical (unpaired) electrons. The molecule has 0 atom stereocenters. The molecule has 16 heavy (non-hydrogen) atoms. The predicted octanol–water partition coefficient (Wildman–Crippen LogP) is 0.954. The van der Waals surface area contributed by atoms with E-state index >= 15 is 0 Å². The molecule has 90 valence electrons. The second-order valence-corrected chi connectivity index (χ2v) is 3.21. The Bertz CT molecular complexity index is 410. The molecule has 1 rings (SSSR count). The van der Waals surface area contributed by atoms with E-state index in [4.69, 9.17) is 11.1 Å². The molecule has 0 bridgehead atoms. The number of hydrogen-bond donors (Lipinski definition) is 2. The predicted molar refractivity (Wildman–Crippen MR) is 50.5 cm³/mol. The van der Waals surface area contributed by atoms with E-state index in [0.717, 1.165) is 4.68 Å². The number of nitrogens with zero attached hydrogens (tertiary/aromatic N) is 2. The summed E-state index contributed by atoms with van der Waals surface area (Å²) < 4.78 is 41.6. The zero-order valence-corrected chi connectivity index (χ0v) is 8.72. The van der Waals surface area contributed by atoms with Crippen LogP contribution in [0.25, 0.3) is 0 Å². The summed E-state index contributed by atoms with van der Waals surface area (Å²) in [7, 11) is 1.42. The topological polar surface area (TPSA) is 76.9 Å². The van der Waals surface area contributed by atoms with Gasteiger partial charge in [-0.15, -0.1) is 0 Å². The number of nitrogen functional groups attached to an aromatic ring is 1. The van der Waals surface area contributed by atoms with Crippen molar-refractivity contribution in [2.24, 2.45) is 12.8 Å². The maximum absolute atomic E-state index is 12.0. The van der Waals surface area contributed by atoms with Gasteiger partial charge in [0.15, 0.2) is 6.61 Å². The van der Waals surface area contributed by atoms with Crippen molar-refractivity contribution < 1.29 is 17.9 Å². The van der Waals surface area contributed by atoms with Gasteiger partial charge in [-0.05, 0) is 6.92 Å². The molecule has 3 N–H and O–H groups in total. The minimum Gasteiger partial charge on any atom is -0.468 e. The van der Waals surface area contributed by atoms with Crippen molar-refractivity contribution in [1.29, 1.82) is 5.41 Å². The summed E-state index contributed by atoms with van der Waals surface area (Å²) in [5.41, 5.74) is 5.68. The Morgan fingerprint density at radius 3 is 2.56 bits per heavy atom. The first-order valence-electron chi connectivity index (χ1n) is 4.30. The normalized spacial score (nSPS) is 11.6. The van der Waals surface area contributed by atoms with Crippen molar-refractivity contribution in [3.05, 3.63) is 11.3 Å². The number of amidine groups is 1. The van der Waals surface area contributed by atoms with Crippen molar-refractivity contribution in [1.82, 2.24) is 9.78 Å². The third kappa shape index (κ3) is 2.65. The molecule has 1 aromatic heterocycles. The van der Waals surface area contributed by atoms with Gasteiger partial charge in [-0.25, -0.2) is 4.68 Å².